The first-order valence-corrected chi connectivity index (χ1v) is 5.91. The fourth-order valence-electron chi connectivity index (χ4n) is 1.85. The molecule has 0 spiro atoms. The van der Waals surface area contributed by atoms with Crippen LogP contribution in [0.25, 0.3) is 0 Å². The van der Waals surface area contributed by atoms with Crippen molar-refractivity contribution in [2.75, 3.05) is 11.1 Å². The molecule has 0 bridgehead atoms. The molecule has 0 heterocycles. The summed E-state index contributed by atoms with van der Waals surface area (Å²) >= 11 is 0. The Morgan fingerprint density at radius 1 is 1.16 bits per heavy atom. The van der Waals surface area contributed by atoms with Crippen LogP contribution in [0.5, 0.6) is 0 Å². The molecule has 19 heavy (non-hydrogen) atoms. The van der Waals surface area contributed by atoms with E-state index in [0.29, 0.717) is 11.3 Å². The van der Waals surface area contributed by atoms with Gasteiger partial charge in [0.1, 0.15) is 5.82 Å². The van der Waals surface area contributed by atoms with Crippen molar-refractivity contribution in [3.8, 4) is 0 Å². The molecule has 2 aromatic carbocycles. The Hall–Kier alpha value is -2.36. The number of aryl methyl sites for hydroxylation is 2. The van der Waals surface area contributed by atoms with Gasteiger partial charge in [-0.1, -0.05) is 6.07 Å². The van der Waals surface area contributed by atoms with Gasteiger partial charge in [-0.2, -0.15) is 0 Å². The van der Waals surface area contributed by atoms with E-state index in [1.54, 1.807) is 44.2 Å². The van der Waals surface area contributed by atoms with E-state index in [2.05, 4.69) is 5.32 Å². The lowest BCUT2D eigenvalue weighted by Gasteiger charge is -2.09. The van der Waals surface area contributed by atoms with Gasteiger partial charge >= 0.3 is 0 Å². The standard InChI is InChI=1S/C15H15FN2O/c1-9-3-6-14(13(16)7-9)18-15(19)12-5-4-11(17)8-10(12)2/h3-8H,17H2,1-2H3,(H,18,19). The molecule has 3 nitrogen and oxygen atoms in total. The number of nitrogens with two attached hydrogens (primary N) is 1. The maximum absolute atomic E-state index is 13.7. The largest absolute Gasteiger partial charge is 0.399 e. The van der Waals surface area contributed by atoms with Gasteiger partial charge in [-0.25, -0.2) is 4.39 Å². The van der Waals surface area contributed by atoms with E-state index in [4.69, 9.17) is 5.73 Å². The van der Waals surface area contributed by atoms with Crippen LogP contribution in [0.4, 0.5) is 15.8 Å². The highest BCUT2D eigenvalue weighted by atomic mass is 19.1. The molecular weight excluding hydrogens is 243 g/mol. The number of carbonyl (C=O) groups is 1. The molecule has 98 valence electrons. The average molecular weight is 258 g/mol. The highest BCUT2D eigenvalue weighted by molar-refractivity contribution is 6.05. The van der Waals surface area contributed by atoms with Crippen LogP contribution < -0.4 is 11.1 Å². The molecule has 2 aromatic rings. The molecule has 1 amide bonds. The van der Waals surface area contributed by atoms with Crippen LogP contribution in [0.15, 0.2) is 36.4 Å². The van der Waals surface area contributed by atoms with Gasteiger partial charge in [0.15, 0.2) is 0 Å². The van der Waals surface area contributed by atoms with Crippen molar-refractivity contribution in [2.24, 2.45) is 0 Å². The van der Waals surface area contributed by atoms with E-state index < -0.39 is 5.82 Å². The highest BCUT2D eigenvalue weighted by Crippen LogP contribution is 2.18. The van der Waals surface area contributed by atoms with Crippen molar-refractivity contribution in [2.45, 2.75) is 13.8 Å². The normalized spacial score (nSPS) is 10.3. The van der Waals surface area contributed by atoms with E-state index in [0.717, 1.165) is 11.1 Å². The second-order valence-corrected chi connectivity index (χ2v) is 4.51. The number of anilines is 2. The zero-order valence-electron chi connectivity index (χ0n) is 10.8. The first-order valence-electron chi connectivity index (χ1n) is 5.91. The fourth-order valence-corrected chi connectivity index (χ4v) is 1.85. The summed E-state index contributed by atoms with van der Waals surface area (Å²) in [5.74, 6) is -0.790. The minimum absolute atomic E-state index is 0.173. The molecular formula is C15H15FN2O. The lowest BCUT2D eigenvalue weighted by atomic mass is 10.1. The number of rotatable bonds is 2. The van der Waals surface area contributed by atoms with Gasteiger partial charge in [0.25, 0.3) is 5.91 Å². The number of benzene rings is 2. The second-order valence-electron chi connectivity index (χ2n) is 4.51. The van der Waals surface area contributed by atoms with Crippen molar-refractivity contribution in [3.63, 3.8) is 0 Å². The third kappa shape index (κ3) is 2.91. The number of amides is 1. The molecule has 0 aromatic heterocycles. The first-order chi connectivity index (χ1) is 8.97. The summed E-state index contributed by atoms with van der Waals surface area (Å²) in [5.41, 5.74) is 8.44. The molecule has 0 saturated carbocycles. The SMILES string of the molecule is Cc1ccc(NC(=O)c2ccc(N)cc2C)c(F)c1. The summed E-state index contributed by atoms with van der Waals surface area (Å²) in [4.78, 5) is 12.1. The molecule has 0 aliphatic rings. The highest BCUT2D eigenvalue weighted by Gasteiger charge is 2.11. The van der Waals surface area contributed by atoms with E-state index in [9.17, 15) is 9.18 Å². The number of nitrogens with one attached hydrogen (secondary N) is 1. The third-order valence-electron chi connectivity index (χ3n) is 2.87. The number of halogens is 1. The molecule has 3 N–H and O–H groups in total. The summed E-state index contributed by atoms with van der Waals surface area (Å²) in [6.45, 7) is 3.58. The topological polar surface area (TPSA) is 55.1 Å². The first kappa shape index (κ1) is 13.1. The Bertz CT molecular complexity index is 638. The maximum atomic E-state index is 13.7. The molecule has 0 saturated heterocycles. The van der Waals surface area contributed by atoms with E-state index >= 15 is 0 Å². The third-order valence-corrected chi connectivity index (χ3v) is 2.87. The van der Waals surface area contributed by atoms with Crippen molar-refractivity contribution >= 4 is 17.3 Å². The Kier molecular flexibility index (Phi) is 3.51. The van der Waals surface area contributed by atoms with Crippen LogP contribution in [-0.4, -0.2) is 5.91 Å². The lowest BCUT2D eigenvalue weighted by Crippen LogP contribution is -2.14. The van der Waals surface area contributed by atoms with Crippen molar-refractivity contribution < 1.29 is 9.18 Å². The zero-order chi connectivity index (χ0) is 14.0. The van der Waals surface area contributed by atoms with E-state index in [-0.39, 0.29) is 11.6 Å². The quantitative estimate of drug-likeness (QED) is 0.812. The van der Waals surface area contributed by atoms with Crippen LogP contribution in [0.3, 0.4) is 0 Å². The molecule has 0 aliphatic carbocycles. The van der Waals surface area contributed by atoms with Crippen LogP contribution in [-0.2, 0) is 0 Å². The van der Waals surface area contributed by atoms with Gasteiger partial charge in [-0.3, -0.25) is 4.79 Å². The Labute approximate surface area is 111 Å². The molecule has 0 radical (unpaired) electrons. The van der Waals surface area contributed by atoms with Gasteiger partial charge in [-0.05, 0) is 55.3 Å². The molecule has 0 aliphatic heterocycles. The predicted molar refractivity (Wildman–Crippen MR) is 74.7 cm³/mol. The maximum Gasteiger partial charge on any atom is 0.256 e. The average Bonchev–Trinajstić information content (AvgIpc) is 2.32. The van der Waals surface area contributed by atoms with Crippen LogP contribution >= 0.6 is 0 Å². The number of nitrogen functional groups attached to an aromatic ring is 1. The van der Waals surface area contributed by atoms with Crippen LogP contribution in [0, 0.1) is 19.7 Å². The molecule has 0 unspecified atom stereocenters. The Balaban J connectivity index is 2.25. The minimum Gasteiger partial charge on any atom is -0.399 e. The summed E-state index contributed by atoms with van der Waals surface area (Å²) in [6.07, 6.45) is 0. The van der Waals surface area contributed by atoms with Crippen LogP contribution in [0.2, 0.25) is 0 Å². The monoisotopic (exact) mass is 258 g/mol. The van der Waals surface area contributed by atoms with Crippen molar-refractivity contribution in [1.82, 2.24) is 0 Å². The number of carbonyl (C=O) groups excluding carboxylic acids is 1. The second kappa shape index (κ2) is 5.10. The zero-order valence-corrected chi connectivity index (χ0v) is 10.8. The lowest BCUT2D eigenvalue weighted by molar-refractivity contribution is 0.102. The number of hydrogen-bond acceptors (Lipinski definition) is 2. The van der Waals surface area contributed by atoms with Gasteiger partial charge in [-0.15, -0.1) is 0 Å². The Morgan fingerprint density at radius 2 is 1.89 bits per heavy atom. The van der Waals surface area contributed by atoms with Gasteiger partial charge < -0.3 is 11.1 Å². The molecule has 2 rings (SSSR count). The Morgan fingerprint density at radius 3 is 2.53 bits per heavy atom. The molecule has 0 fully saturated rings. The molecule has 0 atom stereocenters. The minimum atomic E-state index is -0.443. The van der Waals surface area contributed by atoms with Crippen molar-refractivity contribution in [1.29, 1.82) is 0 Å². The van der Waals surface area contributed by atoms with Gasteiger partial charge in [0.2, 0.25) is 0 Å². The smallest absolute Gasteiger partial charge is 0.256 e. The predicted octanol–water partition coefficient (Wildman–Crippen LogP) is 3.28. The summed E-state index contributed by atoms with van der Waals surface area (Å²) in [5, 5.41) is 2.56. The summed E-state index contributed by atoms with van der Waals surface area (Å²) < 4.78 is 13.7. The van der Waals surface area contributed by atoms with Gasteiger partial charge in [0.05, 0.1) is 5.69 Å². The van der Waals surface area contributed by atoms with E-state index in [1.165, 1.54) is 6.07 Å². The summed E-state index contributed by atoms with van der Waals surface area (Å²) in [7, 11) is 0. The molecule has 4 heteroatoms. The van der Waals surface area contributed by atoms with Crippen LogP contribution in [0.1, 0.15) is 21.5 Å². The van der Waals surface area contributed by atoms with Crippen molar-refractivity contribution in [3.05, 3.63) is 58.9 Å². The van der Waals surface area contributed by atoms with Gasteiger partial charge in [0, 0.05) is 11.3 Å². The fraction of sp³-hybridized carbons (Fsp3) is 0.133. The number of hydrogen-bond donors (Lipinski definition) is 2. The summed E-state index contributed by atoms with van der Waals surface area (Å²) in [6, 6.07) is 9.66. The van der Waals surface area contributed by atoms with E-state index in [1.807, 2.05) is 0 Å².